The molecule has 7 heteroatoms. The van der Waals surface area contributed by atoms with E-state index in [1.165, 1.54) is 0 Å². The Balaban J connectivity index is 2.01. The number of benzene rings is 1. The van der Waals surface area contributed by atoms with Crippen LogP contribution in [0.1, 0.15) is 0 Å². The van der Waals surface area contributed by atoms with E-state index in [9.17, 15) is 13.2 Å². The molecule has 0 aromatic heterocycles. The van der Waals surface area contributed by atoms with Gasteiger partial charge in [-0.15, -0.1) is 0 Å². The highest BCUT2D eigenvalue weighted by molar-refractivity contribution is 7.91. The molecule has 0 aliphatic carbocycles. The second-order valence-corrected chi connectivity index (χ2v) is 7.27. The Bertz CT molecular complexity index is 644. The number of sulfone groups is 1. The van der Waals surface area contributed by atoms with Crippen molar-refractivity contribution in [3.8, 4) is 5.75 Å². The Morgan fingerprint density at radius 1 is 1.30 bits per heavy atom. The zero-order chi connectivity index (χ0) is 14.3. The van der Waals surface area contributed by atoms with E-state index >= 15 is 0 Å². The van der Waals surface area contributed by atoms with E-state index in [1.54, 1.807) is 13.2 Å². The number of hydrogen-bond acceptors (Lipinski definition) is 5. The van der Waals surface area contributed by atoms with Crippen molar-refractivity contribution in [2.24, 2.45) is 0 Å². The predicted molar refractivity (Wildman–Crippen MR) is 74.7 cm³/mol. The average molecular weight is 296 g/mol. The van der Waals surface area contributed by atoms with Gasteiger partial charge in [0.05, 0.1) is 42.9 Å². The molecule has 108 valence electrons. The first-order chi connectivity index (χ1) is 9.50. The van der Waals surface area contributed by atoms with Gasteiger partial charge < -0.3 is 15.0 Å². The lowest BCUT2D eigenvalue weighted by molar-refractivity contribution is -0.121. The fourth-order valence-corrected chi connectivity index (χ4v) is 4.85. The van der Waals surface area contributed by atoms with Crippen molar-refractivity contribution in [2.75, 3.05) is 30.1 Å². The van der Waals surface area contributed by atoms with Crippen LogP contribution in [0, 0.1) is 0 Å². The van der Waals surface area contributed by atoms with E-state index in [1.807, 2.05) is 23.1 Å². The number of nitrogens with one attached hydrogen (secondary N) is 1. The molecule has 1 N–H and O–H groups in total. The van der Waals surface area contributed by atoms with Gasteiger partial charge in [-0.3, -0.25) is 4.79 Å². The maximum atomic E-state index is 11.8. The number of piperazine rings is 1. The van der Waals surface area contributed by atoms with Gasteiger partial charge in [-0.1, -0.05) is 12.1 Å². The van der Waals surface area contributed by atoms with Gasteiger partial charge in [0.25, 0.3) is 0 Å². The van der Waals surface area contributed by atoms with E-state index in [2.05, 4.69) is 5.32 Å². The molecule has 0 saturated carbocycles. The molecule has 2 fully saturated rings. The van der Waals surface area contributed by atoms with Crippen molar-refractivity contribution in [2.45, 2.75) is 12.1 Å². The minimum Gasteiger partial charge on any atom is -0.495 e. The minimum absolute atomic E-state index is 0.00898. The monoisotopic (exact) mass is 296 g/mol. The van der Waals surface area contributed by atoms with Crippen LogP contribution in [-0.4, -0.2) is 51.6 Å². The fraction of sp³-hybridized carbons (Fsp3) is 0.462. The highest BCUT2D eigenvalue weighted by Crippen LogP contribution is 2.33. The van der Waals surface area contributed by atoms with Gasteiger partial charge in [-0.05, 0) is 12.1 Å². The van der Waals surface area contributed by atoms with Crippen molar-refractivity contribution >= 4 is 21.4 Å². The van der Waals surface area contributed by atoms with Crippen LogP contribution in [0.5, 0.6) is 5.75 Å². The van der Waals surface area contributed by atoms with Crippen LogP contribution in [0.4, 0.5) is 5.69 Å². The first-order valence-corrected chi connectivity index (χ1v) is 8.22. The van der Waals surface area contributed by atoms with Gasteiger partial charge in [0.15, 0.2) is 9.84 Å². The molecule has 0 radical (unpaired) electrons. The molecule has 2 saturated heterocycles. The Labute approximate surface area is 117 Å². The number of nitrogens with zero attached hydrogens (tertiary/aromatic N) is 1. The summed E-state index contributed by atoms with van der Waals surface area (Å²) in [7, 11) is -1.55. The van der Waals surface area contributed by atoms with Gasteiger partial charge in [-0.25, -0.2) is 8.42 Å². The summed E-state index contributed by atoms with van der Waals surface area (Å²) in [4.78, 5) is 13.7. The van der Waals surface area contributed by atoms with Crippen molar-refractivity contribution in [3.63, 3.8) is 0 Å². The first-order valence-electron chi connectivity index (χ1n) is 6.39. The van der Waals surface area contributed by atoms with Crippen molar-refractivity contribution in [3.05, 3.63) is 24.3 Å². The van der Waals surface area contributed by atoms with Crippen LogP contribution < -0.4 is 15.0 Å². The number of carbonyl (C=O) groups excluding carboxylic acids is 1. The quantitative estimate of drug-likeness (QED) is 0.818. The summed E-state index contributed by atoms with van der Waals surface area (Å²) in [5.74, 6) is 0.560. The van der Waals surface area contributed by atoms with Crippen LogP contribution in [0.15, 0.2) is 24.3 Å². The Kier molecular flexibility index (Phi) is 3.08. The number of rotatable bonds is 2. The number of carbonyl (C=O) groups is 1. The smallest absolute Gasteiger partial charge is 0.239 e. The highest BCUT2D eigenvalue weighted by Gasteiger charge is 2.45. The summed E-state index contributed by atoms with van der Waals surface area (Å²) in [6.07, 6.45) is 0. The summed E-state index contributed by atoms with van der Waals surface area (Å²) in [5.41, 5.74) is 0.761. The normalized spacial score (nSPS) is 27.9. The SMILES string of the molecule is COc1ccccc1N1CC(=O)N[C@@H]2CS(=O)(=O)C[C@@H]21. The fourth-order valence-electron chi connectivity index (χ4n) is 2.93. The summed E-state index contributed by atoms with van der Waals surface area (Å²) >= 11 is 0. The molecule has 6 nitrogen and oxygen atoms in total. The number of ether oxygens (including phenoxy) is 1. The lowest BCUT2D eigenvalue weighted by atomic mass is 10.1. The number of methoxy groups -OCH3 is 1. The van der Waals surface area contributed by atoms with Crippen molar-refractivity contribution < 1.29 is 17.9 Å². The molecule has 1 aromatic rings. The molecule has 2 heterocycles. The number of anilines is 1. The number of fused-ring (bicyclic) bond motifs is 1. The highest BCUT2D eigenvalue weighted by atomic mass is 32.2. The molecule has 0 spiro atoms. The van der Waals surface area contributed by atoms with Gasteiger partial charge in [0.1, 0.15) is 5.75 Å². The van der Waals surface area contributed by atoms with Gasteiger partial charge >= 0.3 is 0 Å². The van der Waals surface area contributed by atoms with Gasteiger partial charge in [-0.2, -0.15) is 0 Å². The molecule has 1 aromatic carbocycles. The minimum atomic E-state index is -3.11. The Morgan fingerprint density at radius 3 is 2.80 bits per heavy atom. The zero-order valence-electron chi connectivity index (χ0n) is 11.1. The van der Waals surface area contributed by atoms with Crippen LogP contribution in [0.25, 0.3) is 0 Å². The third-order valence-corrected chi connectivity index (χ3v) is 5.49. The molecule has 3 rings (SSSR count). The molecule has 1 amide bonds. The Hall–Kier alpha value is -1.76. The zero-order valence-corrected chi connectivity index (χ0v) is 11.9. The van der Waals surface area contributed by atoms with Crippen molar-refractivity contribution in [1.82, 2.24) is 5.32 Å². The van der Waals surface area contributed by atoms with Crippen LogP contribution in [0.2, 0.25) is 0 Å². The number of para-hydroxylation sites is 2. The van der Waals surface area contributed by atoms with Crippen LogP contribution in [0.3, 0.4) is 0 Å². The molecule has 2 atom stereocenters. The predicted octanol–water partition coefficient (Wildman–Crippen LogP) is -0.203. The summed E-state index contributed by atoms with van der Waals surface area (Å²) in [6, 6.07) is 6.78. The van der Waals surface area contributed by atoms with Gasteiger partial charge in [0.2, 0.25) is 5.91 Å². The van der Waals surface area contributed by atoms with E-state index in [0.717, 1.165) is 5.69 Å². The first kappa shape index (κ1) is 13.2. The molecule has 2 aliphatic heterocycles. The maximum Gasteiger partial charge on any atom is 0.239 e. The largest absolute Gasteiger partial charge is 0.495 e. The third-order valence-electron chi connectivity index (χ3n) is 3.78. The van der Waals surface area contributed by atoms with E-state index in [0.29, 0.717) is 5.75 Å². The average Bonchev–Trinajstić information content (AvgIpc) is 2.71. The topological polar surface area (TPSA) is 75.7 Å². The van der Waals surface area contributed by atoms with E-state index < -0.39 is 9.84 Å². The molecular formula is C13H16N2O4S. The van der Waals surface area contributed by atoms with Crippen molar-refractivity contribution in [1.29, 1.82) is 0 Å². The summed E-state index contributed by atoms with van der Waals surface area (Å²) in [6.45, 7) is 0.150. The van der Waals surface area contributed by atoms with E-state index in [-0.39, 0.29) is 36.0 Å². The number of hydrogen-bond donors (Lipinski definition) is 1. The lowest BCUT2D eigenvalue weighted by Gasteiger charge is -2.38. The molecule has 20 heavy (non-hydrogen) atoms. The second kappa shape index (κ2) is 4.66. The molecule has 2 aliphatic rings. The van der Waals surface area contributed by atoms with E-state index in [4.69, 9.17) is 4.74 Å². The maximum absolute atomic E-state index is 11.8. The van der Waals surface area contributed by atoms with Crippen LogP contribution in [-0.2, 0) is 14.6 Å². The lowest BCUT2D eigenvalue weighted by Crippen LogP contribution is -2.60. The van der Waals surface area contributed by atoms with Crippen LogP contribution >= 0.6 is 0 Å². The third kappa shape index (κ3) is 2.22. The second-order valence-electron chi connectivity index (χ2n) is 5.12. The molecule has 0 unspecified atom stereocenters. The molecular weight excluding hydrogens is 280 g/mol. The molecule has 0 bridgehead atoms. The Morgan fingerprint density at radius 2 is 2.05 bits per heavy atom. The summed E-state index contributed by atoms with van der Waals surface area (Å²) < 4.78 is 29.0. The summed E-state index contributed by atoms with van der Waals surface area (Å²) in [5, 5.41) is 2.77. The van der Waals surface area contributed by atoms with Gasteiger partial charge in [0, 0.05) is 0 Å². The number of amides is 1. The standard InChI is InChI=1S/C13H16N2O4S/c1-19-12-5-3-2-4-10(12)15-6-13(16)14-9-7-20(17,18)8-11(9)15/h2-5,9,11H,6-8H2,1H3,(H,14,16)/t9-,11+/m1/s1.